The lowest BCUT2D eigenvalue weighted by molar-refractivity contribution is -0.138. The van der Waals surface area contributed by atoms with E-state index in [1.807, 2.05) is 0 Å². The van der Waals surface area contributed by atoms with Gasteiger partial charge in [-0.15, -0.1) is 35.6 Å². The SMILES string of the molecule is CCN(CC)CC.Cl.ClCCl.Nc1cc(C(F)(F)F)ccc1N1CCCCCCCC1.O=C(Cl)c1ccncc1.O=C(Nc1cc(C(F)(F)F)ccc1N1CCCCCCCC1)c1ccncc1. The van der Waals surface area contributed by atoms with E-state index in [0.717, 1.165) is 94.7 Å². The lowest BCUT2D eigenvalue weighted by Gasteiger charge is -2.27. The molecule has 9 nitrogen and oxygen atoms in total. The minimum Gasteiger partial charge on any atom is -0.397 e. The Hall–Kier alpha value is -4.02. The molecule has 6 rings (SSSR count). The summed E-state index contributed by atoms with van der Waals surface area (Å²) in [5.41, 5.74) is 7.00. The Morgan fingerprint density at radius 1 is 0.603 bits per heavy atom. The van der Waals surface area contributed by atoms with Gasteiger partial charge in [-0.1, -0.05) is 72.1 Å². The van der Waals surface area contributed by atoms with Crippen LogP contribution in [0.15, 0.2) is 85.5 Å². The van der Waals surface area contributed by atoms with E-state index in [0.29, 0.717) is 16.8 Å². The van der Waals surface area contributed by atoms with Crippen LogP contribution in [-0.2, 0) is 12.4 Å². The molecule has 19 heteroatoms. The van der Waals surface area contributed by atoms with E-state index in [2.05, 4.69) is 50.8 Å². The van der Waals surface area contributed by atoms with Crippen LogP contribution >= 0.6 is 47.2 Å². The Balaban J connectivity index is 0.000000500. The highest BCUT2D eigenvalue weighted by molar-refractivity contribution is 6.67. The molecule has 4 aromatic rings. The van der Waals surface area contributed by atoms with Gasteiger partial charge in [0.1, 0.15) is 0 Å². The number of halogens is 10. The summed E-state index contributed by atoms with van der Waals surface area (Å²) in [6.45, 7) is 13.4. The zero-order valence-electron chi connectivity index (χ0n) is 39.2. The predicted molar refractivity (Wildman–Crippen MR) is 271 cm³/mol. The molecule has 1 amide bonds. The predicted octanol–water partition coefficient (Wildman–Crippen LogP) is 14.6. The van der Waals surface area contributed by atoms with Crippen molar-refractivity contribution in [3.05, 3.63) is 108 Å². The summed E-state index contributed by atoms with van der Waals surface area (Å²) in [6, 6.07) is 13.5. The largest absolute Gasteiger partial charge is 0.416 e. The van der Waals surface area contributed by atoms with Crippen LogP contribution in [0.4, 0.5) is 49.1 Å². The van der Waals surface area contributed by atoms with Crippen molar-refractivity contribution in [2.45, 2.75) is 110 Å². The van der Waals surface area contributed by atoms with Gasteiger partial charge in [0.2, 0.25) is 0 Å². The van der Waals surface area contributed by atoms with Gasteiger partial charge in [-0.3, -0.25) is 19.6 Å². The number of rotatable bonds is 8. The Morgan fingerprint density at radius 2 is 0.956 bits per heavy atom. The average Bonchev–Trinajstić information content (AvgIpc) is 3.55. The van der Waals surface area contributed by atoms with E-state index >= 15 is 0 Å². The van der Waals surface area contributed by atoms with E-state index in [-0.39, 0.29) is 29.1 Å². The van der Waals surface area contributed by atoms with Gasteiger partial charge in [0.15, 0.2) is 0 Å². The van der Waals surface area contributed by atoms with Gasteiger partial charge in [0.05, 0.1) is 39.2 Å². The second-order valence-corrected chi connectivity index (χ2v) is 16.8. The van der Waals surface area contributed by atoms with Gasteiger partial charge in [0, 0.05) is 62.1 Å². The van der Waals surface area contributed by atoms with Crippen molar-refractivity contribution in [3.8, 4) is 0 Å². The van der Waals surface area contributed by atoms with Crippen molar-refractivity contribution < 1.29 is 35.9 Å². The van der Waals surface area contributed by atoms with E-state index in [4.69, 9.17) is 40.5 Å². The smallest absolute Gasteiger partial charge is 0.397 e. The van der Waals surface area contributed by atoms with Gasteiger partial charge < -0.3 is 25.8 Å². The molecule has 2 saturated heterocycles. The fourth-order valence-electron chi connectivity index (χ4n) is 7.29. The van der Waals surface area contributed by atoms with Gasteiger partial charge in [-0.2, -0.15) is 26.3 Å². The van der Waals surface area contributed by atoms with Crippen LogP contribution < -0.4 is 20.9 Å². The van der Waals surface area contributed by atoms with Crippen molar-refractivity contribution in [1.82, 2.24) is 14.9 Å². The number of hydrogen-bond donors (Lipinski definition) is 2. The van der Waals surface area contributed by atoms with Crippen molar-refractivity contribution >= 4 is 81.1 Å². The van der Waals surface area contributed by atoms with Crippen LogP contribution in [0.3, 0.4) is 0 Å². The summed E-state index contributed by atoms with van der Waals surface area (Å²) in [5.74, 6) is -0.452. The fourth-order valence-corrected chi connectivity index (χ4v) is 7.41. The lowest BCUT2D eigenvalue weighted by atomic mass is 10.1. The number of alkyl halides is 8. The molecule has 2 aliphatic heterocycles. The minimum absolute atomic E-state index is 0. The number of carbonyl (C=O) groups is 2. The molecule has 0 unspecified atom stereocenters. The molecule has 2 aromatic carbocycles. The second-order valence-electron chi connectivity index (χ2n) is 15.6. The third-order valence-corrected chi connectivity index (χ3v) is 11.2. The molecule has 2 aliphatic rings. The molecule has 0 radical (unpaired) electrons. The van der Waals surface area contributed by atoms with Gasteiger partial charge in [-0.25, -0.2) is 0 Å². The Kier molecular flexibility index (Phi) is 31.3. The maximum Gasteiger partial charge on any atom is 0.416 e. The van der Waals surface area contributed by atoms with Crippen LogP contribution in [0.25, 0.3) is 0 Å². The third kappa shape index (κ3) is 24.0. The first-order chi connectivity index (χ1) is 32.0. The maximum atomic E-state index is 13.2. The van der Waals surface area contributed by atoms with Crippen LogP contribution in [0.5, 0.6) is 0 Å². The molecule has 2 aromatic heterocycles. The first-order valence-corrected chi connectivity index (χ1v) is 24.3. The normalized spacial score (nSPS) is 14.5. The summed E-state index contributed by atoms with van der Waals surface area (Å²) < 4.78 is 77.7. The zero-order valence-corrected chi connectivity index (χ0v) is 42.2. The number of nitrogens with two attached hydrogens (primary N) is 1. The highest BCUT2D eigenvalue weighted by Gasteiger charge is 2.32. The Bertz CT molecular complexity index is 1960. The standard InChI is InChI=1S/C21H24F3N3O.C15H21F3N2.C6H4ClNO.C6H15N.CH2Cl2.ClH/c22-21(23,24)17-7-8-19(27-13-5-3-1-2-4-6-14-27)18(15-17)26-20(28)16-9-11-25-12-10-16;16-15(17,18)12-7-8-14(13(19)11-12)20-9-5-3-1-2-4-6-10-20;7-6(9)5-1-3-8-4-2-5;1-4-7(5-2)6-3;2-1-3;/h7-12,15H,1-6,13-14H2,(H,26,28);7-8,11H,1-6,9-10,19H2;1-4H;4-6H2,1-3H3;1H2;1H. The fraction of sp³-hybridized carbons (Fsp3) is 0.510. The quantitative estimate of drug-likeness (QED) is 0.0778. The molecular weight excluding hydrogens is 974 g/mol. The summed E-state index contributed by atoms with van der Waals surface area (Å²) in [5, 5.41) is 2.43. The average molecular weight is 1040 g/mol. The zero-order chi connectivity index (χ0) is 49.7. The van der Waals surface area contributed by atoms with Crippen LogP contribution in [-0.4, -0.2) is 77.2 Å². The first kappa shape index (κ1) is 62.0. The minimum atomic E-state index is -4.47. The molecule has 4 heterocycles. The van der Waals surface area contributed by atoms with Crippen molar-refractivity contribution in [2.75, 3.05) is 72.0 Å². The summed E-state index contributed by atoms with van der Waals surface area (Å²) >= 11 is 14.7. The molecular formula is C49H67Cl4F6N7O2. The summed E-state index contributed by atoms with van der Waals surface area (Å²) in [4.78, 5) is 37.1. The number of anilines is 4. The van der Waals surface area contributed by atoms with Gasteiger partial charge in [0.25, 0.3) is 11.1 Å². The van der Waals surface area contributed by atoms with Crippen LogP contribution in [0.1, 0.15) is 130 Å². The molecule has 0 bridgehead atoms. The molecule has 380 valence electrons. The highest BCUT2D eigenvalue weighted by Crippen LogP contribution is 2.37. The first-order valence-electron chi connectivity index (χ1n) is 22.8. The molecule has 68 heavy (non-hydrogen) atoms. The summed E-state index contributed by atoms with van der Waals surface area (Å²) in [7, 11) is 0. The van der Waals surface area contributed by atoms with Gasteiger partial charge >= 0.3 is 12.4 Å². The van der Waals surface area contributed by atoms with Gasteiger partial charge in [-0.05, 0) is 118 Å². The number of pyridine rings is 2. The third-order valence-electron chi connectivity index (χ3n) is 11.0. The Labute approximate surface area is 419 Å². The number of nitrogen functional groups attached to an aromatic ring is 1. The highest BCUT2D eigenvalue weighted by atomic mass is 35.5. The van der Waals surface area contributed by atoms with Crippen LogP contribution in [0, 0.1) is 0 Å². The van der Waals surface area contributed by atoms with Crippen molar-refractivity contribution in [2.24, 2.45) is 0 Å². The molecule has 2 fully saturated rings. The second kappa shape index (κ2) is 34.3. The number of benzene rings is 2. The van der Waals surface area contributed by atoms with E-state index in [1.165, 1.54) is 107 Å². The number of aromatic nitrogens is 2. The maximum absolute atomic E-state index is 13.2. The lowest BCUT2D eigenvalue weighted by Crippen LogP contribution is -2.27. The number of amides is 1. The number of carbonyl (C=O) groups excluding carboxylic acids is 2. The molecule has 0 atom stereocenters. The van der Waals surface area contributed by atoms with E-state index in [1.54, 1.807) is 12.1 Å². The number of nitrogens with one attached hydrogen (secondary N) is 1. The Morgan fingerprint density at radius 3 is 1.29 bits per heavy atom. The summed E-state index contributed by atoms with van der Waals surface area (Å²) in [6.07, 6.45) is 10.7. The number of hydrogen-bond acceptors (Lipinski definition) is 8. The molecule has 3 N–H and O–H groups in total. The van der Waals surface area contributed by atoms with Crippen molar-refractivity contribution in [3.63, 3.8) is 0 Å². The molecule has 0 aliphatic carbocycles. The molecule has 0 spiro atoms. The van der Waals surface area contributed by atoms with E-state index in [9.17, 15) is 35.9 Å². The van der Waals surface area contributed by atoms with Crippen molar-refractivity contribution in [1.29, 1.82) is 0 Å². The topological polar surface area (TPSA) is 108 Å². The van der Waals surface area contributed by atoms with Crippen LogP contribution in [0.2, 0.25) is 0 Å². The van der Waals surface area contributed by atoms with E-state index < -0.39 is 34.6 Å². The monoisotopic (exact) mass is 1040 g/mol. The number of nitrogens with zero attached hydrogens (tertiary/aromatic N) is 5. The molecule has 0 saturated carbocycles.